The van der Waals surface area contributed by atoms with Crippen LogP contribution in [0.1, 0.15) is 110 Å². The van der Waals surface area contributed by atoms with Crippen LogP contribution in [0.25, 0.3) is 0 Å². The molecular formula is C34H55NOTi. The number of carbonyl (C=O) groups is 1. The molecule has 37 heavy (non-hydrogen) atoms. The van der Waals surface area contributed by atoms with Gasteiger partial charge in [0.25, 0.3) is 0 Å². The summed E-state index contributed by atoms with van der Waals surface area (Å²) in [5.74, 6) is 4.16. The van der Waals surface area contributed by atoms with Gasteiger partial charge in [0.2, 0.25) is 0 Å². The van der Waals surface area contributed by atoms with E-state index in [1.165, 1.54) is 92.9 Å². The van der Waals surface area contributed by atoms with Crippen molar-refractivity contribution in [3.63, 3.8) is 0 Å². The molecule has 3 saturated carbocycles. The number of hydrogen-bond donors (Lipinski definition) is 1. The molecule has 0 aromatic rings. The molecule has 5 aliphatic rings. The zero-order valence-electron chi connectivity index (χ0n) is 24.1. The Labute approximate surface area is 232 Å². The molecule has 0 aromatic heterocycles. The maximum atomic E-state index is 13.7. The first-order chi connectivity index (χ1) is 17.9. The van der Waals surface area contributed by atoms with Crippen molar-refractivity contribution in [3.8, 4) is 0 Å². The van der Waals surface area contributed by atoms with E-state index in [0.29, 0.717) is 11.8 Å². The van der Waals surface area contributed by atoms with Crippen LogP contribution in [0.5, 0.6) is 0 Å². The maximum absolute atomic E-state index is 13.7. The molecule has 0 bridgehead atoms. The van der Waals surface area contributed by atoms with Gasteiger partial charge < -0.3 is 0 Å². The molecule has 1 saturated heterocycles. The zero-order chi connectivity index (χ0) is 26.3. The normalized spacial score (nSPS) is 33.4. The monoisotopic (exact) mass is 541 g/mol. The zero-order valence-corrected chi connectivity index (χ0v) is 25.7. The molecule has 0 aromatic carbocycles. The molecule has 5 unspecified atom stereocenters. The minimum absolute atomic E-state index is 0.309. The van der Waals surface area contributed by atoms with E-state index in [-0.39, 0.29) is 0 Å². The van der Waals surface area contributed by atoms with Gasteiger partial charge >= 0.3 is 195 Å². The SMILES string of the molecule is C=C(C)C(=C)C.O=C([NH][Ti]1([CH]2C3C=CC=CC3C3CCCCC32)[CH2][CH2]1)C1CCCCCCCCCCC1. The van der Waals surface area contributed by atoms with E-state index in [0.717, 1.165) is 51.9 Å². The average molecular weight is 542 g/mol. The average Bonchev–Trinajstić information content (AvgIpc) is 3.56. The third kappa shape index (κ3) is 7.63. The molecular weight excluding hydrogens is 486 g/mol. The van der Waals surface area contributed by atoms with Crippen molar-refractivity contribution >= 4 is 5.91 Å². The van der Waals surface area contributed by atoms with E-state index in [1.807, 2.05) is 13.8 Å². The van der Waals surface area contributed by atoms with E-state index in [9.17, 15) is 4.79 Å². The van der Waals surface area contributed by atoms with Gasteiger partial charge in [-0.25, -0.2) is 0 Å². The standard InChI is InChI=1S/C13H25NO.C13H17.C6H10.C2H4.Ti/c14-13(15)12-10-8-6-4-2-1-3-5-7-9-11-12;1-3-7-12-10(5-1)9-11-6-2-4-8-13(11)12;1-5(2)6(3)4;1-2;/h12H,1-11H2,(H2,14,15);1,3,5,7,9-13H,2,4,6,8H2;1,3H2,2,4H3;1-2H2;/q;;;;+1/p-1. The molecule has 5 rings (SSSR count). The van der Waals surface area contributed by atoms with Crippen molar-refractivity contribution in [2.45, 2.75) is 124 Å². The van der Waals surface area contributed by atoms with Crippen LogP contribution in [0.2, 0.25) is 13.7 Å². The molecule has 1 aliphatic heterocycles. The van der Waals surface area contributed by atoms with Crippen molar-refractivity contribution in [2.24, 2.45) is 29.6 Å². The van der Waals surface area contributed by atoms with Gasteiger partial charge in [0.15, 0.2) is 0 Å². The van der Waals surface area contributed by atoms with Crippen molar-refractivity contribution in [1.82, 2.24) is 3.80 Å². The first kappa shape index (κ1) is 29.1. The summed E-state index contributed by atoms with van der Waals surface area (Å²) in [6, 6.07) is 0. The number of rotatable bonds is 4. The summed E-state index contributed by atoms with van der Waals surface area (Å²) in [5.41, 5.74) is 2.13. The molecule has 1 N–H and O–H groups in total. The Balaban J connectivity index is 0.000000480. The predicted molar refractivity (Wildman–Crippen MR) is 156 cm³/mol. The van der Waals surface area contributed by atoms with Gasteiger partial charge in [-0.05, 0) is 13.8 Å². The Bertz CT molecular complexity index is 828. The fourth-order valence-corrected chi connectivity index (χ4v) is 16.6. The van der Waals surface area contributed by atoms with E-state index in [2.05, 4.69) is 41.3 Å². The Morgan fingerprint density at radius 2 is 1.14 bits per heavy atom. The van der Waals surface area contributed by atoms with Crippen LogP contribution in [0.15, 0.2) is 48.6 Å². The summed E-state index contributed by atoms with van der Waals surface area (Å²) in [6.45, 7) is 11.2. The van der Waals surface area contributed by atoms with Crippen LogP contribution in [-0.2, 0) is 21.6 Å². The number of hydrogen-bond acceptors (Lipinski definition) is 1. The van der Waals surface area contributed by atoms with Crippen molar-refractivity contribution in [2.75, 3.05) is 0 Å². The first-order valence-corrected chi connectivity index (χ1v) is 19.8. The molecule has 4 fully saturated rings. The van der Waals surface area contributed by atoms with E-state index >= 15 is 0 Å². The van der Waals surface area contributed by atoms with Gasteiger partial charge in [-0.3, -0.25) is 0 Å². The van der Waals surface area contributed by atoms with E-state index in [1.54, 1.807) is 0 Å². The van der Waals surface area contributed by atoms with Crippen molar-refractivity contribution in [3.05, 3.63) is 48.6 Å². The Hall–Kier alpha value is -0.856. The molecule has 0 spiro atoms. The van der Waals surface area contributed by atoms with Crippen LogP contribution in [0.3, 0.4) is 0 Å². The second kappa shape index (κ2) is 14.0. The van der Waals surface area contributed by atoms with Crippen LogP contribution in [-0.4, -0.2) is 5.91 Å². The molecule has 3 heteroatoms. The van der Waals surface area contributed by atoms with E-state index < -0.39 is 16.8 Å². The second-order valence-electron chi connectivity index (χ2n) is 13.2. The fraction of sp³-hybridized carbons (Fsp3) is 0.735. The van der Waals surface area contributed by atoms with Crippen molar-refractivity contribution < 1.29 is 21.6 Å². The molecule has 4 aliphatic carbocycles. The van der Waals surface area contributed by atoms with Gasteiger partial charge in [-0.2, -0.15) is 0 Å². The van der Waals surface area contributed by atoms with E-state index in [4.69, 9.17) is 0 Å². The predicted octanol–water partition coefficient (Wildman–Crippen LogP) is 10.0. The van der Waals surface area contributed by atoms with Gasteiger partial charge in [-0.1, -0.05) is 24.3 Å². The van der Waals surface area contributed by atoms with Crippen LogP contribution in [0, 0.1) is 29.6 Å². The molecule has 206 valence electrons. The van der Waals surface area contributed by atoms with Gasteiger partial charge in [0.1, 0.15) is 0 Å². The molecule has 1 amide bonds. The summed E-state index contributed by atoms with van der Waals surface area (Å²) in [4.78, 5) is 13.7. The quantitative estimate of drug-likeness (QED) is 0.278. The van der Waals surface area contributed by atoms with Crippen LogP contribution < -0.4 is 3.80 Å². The summed E-state index contributed by atoms with van der Waals surface area (Å²) in [5, 5.41) is 0. The van der Waals surface area contributed by atoms with Crippen LogP contribution in [0.4, 0.5) is 0 Å². The fourth-order valence-electron chi connectivity index (χ4n) is 8.05. The number of amides is 1. The Morgan fingerprint density at radius 1 is 0.676 bits per heavy atom. The molecule has 5 atom stereocenters. The molecule has 0 radical (unpaired) electrons. The van der Waals surface area contributed by atoms with Gasteiger partial charge in [0.05, 0.1) is 0 Å². The number of allylic oxidation sites excluding steroid dienone is 6. The third-order valence-corrected chi connectivity index (χ3v) is 17.4. The summed E-state index contributed by atoms with van der Waals surface area (Å²) in [7, 11) is 0. The van der Waals surface area contributed by atoms with Gasteiger partial charge in [-0.15, -0.1) is 0 Å². The number of carbonyl (C=O) groups excluding carboxylic acids is 1. The second-order valence-corrected chi connectivity index (χ2v) is 19.8. The minimum atomic E-state index is -2.25. The topological polar surface area (TPSA) is 29.1 Å². The Morgan fingerprint density at radius 3 is 1.65 bits per heavy atom. The number of fused-ring (bicyclic) bond motifs is 3. The van der Waals surface area contributed by atoms with Gasteiger partial charge in [0, 0.05) is 0 Å². The third-order valence-electron chi connectivity index (χ3n) is 10.5. The number of nitrogens with one attached hydrogen (secondary N) is 1. The van der Waals surface area contributed by atoms with Crippen molar-refractivity contribution in [1.29, 1.82) is 0 Å². The molecule has 1 heterocycles. The summed E-state index contributed by atoms with van der Waals surface area (Å²) in [6.07, 6.45) is 30.0. The summed E-state index contributed by atoms with van der Waals surface area (Å²) < 4.78 is 7.63. The molecule has 2 nitrogen and oxygen atoms in total. The summed E-state index contributed by atoms with van der Waals surface area (Å²) >= 11 is -2.25. The van der Waals surface area contributed by atoms with Crippen LogP contribution >= 0.6 is 0 Å². The first-order valence-electron chi connectivity index (χ1n) is 15.9. The Kier molecular flexibility index (Phi) is 11.0.